The monoisotopic (exact) mass is 329 g/mol. The molecule has 0 heterocycles. The van der Waals surface area contributed by atoms with Crippen LogP contribution in [0.15, 0.2) is 22.7 Å². The molecule has 19 heavy (non-hydrogen) atoms. The fourth-order valence-corrected chi connectivity index (χ4v) is 2.24. The summed E-state index contributed by atoms with van der Waals surface area (Å²) in [5, 5.41) is 8.86. The molecule has 0 atom stereocenters. The molecule has 2 rings (SSSR count). The zero-order valence-corrected chi connectivity index (χ0v) is 11.7. The third kappa shape index (κ3) is 3.76. The highest BCUT2D eigenvalue weighted by Gasteiger charge is 2.29. The van der Waals surface area contributed by atoms with Gasteiger partial charge in [-0.3, -0.25) is 9.59 Å². The minimum Gasteiger partial charge on any atom is -0.480 e. The van der Waals surface area contributed by atoms with Gasteiger partial charge in [-0.1, -0.05) is 0 Å². The van der Waals surface area contributed by atoms with Crippen molar-refractivity contribution in [2.75, 3.05) is 13.1 Å². The Hall–Kier alpha value is -1.43. The molecule has 1 aromatic carbocycles. The van der Waals surface area contributed by atoms with Gasteiger partial charge in [0.1, 0.15) is 12.4 Å². The van der Waals surface area contributed by atoms with Crippen LogP contribution < -0.4 is 0 Å². The fraction of sp³-hybridized carbons (Fsp3) is 0.385. The molecule has 1 saturated carbocycles. The van der Waals surface area contributed by atoms with Crippen LogP contribution in [0.4, 0.5) is 4.39 Å². The van der Waals surface area contributed by atoms with Crippen LogP contribution in [-0.4, -0.2) is 35.0 Å². The van der Waals surface area contributed by atoms with Crippen LogP contribution in [0, 0.1) is 11.7 Å². The average molecular weight is 330 g/mol. The Balaban J connectivity index is 2.21. The van der Waals surface area contributed by atoms with Gasteiger partial charge in [0.05, 0.1) is 5.56 Å². The van der Waals surface area contributed by atoms with E-state index >= 15 is 0 Å². The summed E-state index contributed by atoms with van der Waals surface area (Å²) in [6, 6.07) is 3.80. The predicted octanol–water partition coefficient (Wildman–Crippen LogP) is 2.53. The fourth-order valence-electron chi connectivity index (χ4n) is 1.83. The number of hydrogen-bond donors (Lipinski definition) is 1. The van der Waals surface area contributed by atoms with Crippen LogP contribution in [0.2, 0.25) is 0 Å². The summed E-state index contributed by atoms with van der Waals surface area (Å²) >= 11 is 3.19. The van der Waals surface area contributed by atoms with Crippen LogP contribution >= 0.6 is 15.9 Å². The summed E-state index contributed by atoms with van der Waals surface area (Å²) in [7, 11) is 0. The molecule has 6 heteroatoms. The van der Waals surface area contributed by atoms with Crippen molar-refractivity contribution in [2.45, 2.75) is 12.8 Å². The van der Waals surface area contributed by atoms with Crippen LogP contribution in [0.1, 0.15) is 23.2 Å². The first-order valence-electron chi connectivity index (χ1n) is 5.93. The van der Waals surface area contributed by atoms with Gasteiger partial charge in [0.15, 0.2) is 0 Å². The van der Waals surface area contributed by atoms with E-state index in [9.17, 15) is 14.0 Å². The number of aliphatic carboxylic acids is 1. The zero-order valence-electron chi connectivity index (χ0n) is 10.1. The van der Waals surface area contributed by atoms with Gasteiger partial charge in [-0.15, -0.1) is 0 Å². The number of carbonyl (C=O) groups is 2. The van der Waals surface area contributed by atoms with Crippen molar-refractivity contribution in [3.63, 3.8) is 0 Å². The van der Waals surface area contributed by atoms with Gasteiger partial charge < -0.3 is 10.0 Å². The van der Waals surface area contributed by atoms with E-state index in [1.165, 1.54) is 17.0 Å². The SMILES string of the molecule is O=C(O)CN(CC1CC1)C(=O)c1cc(F)ccc1Br. The number of carboxylic acid groups (broad SMARTS) is 1. The minimum atomic E-state index is -1.07. The minimum absolute atomic E-state index is 0.155. The summed E-state index contributed by atoms with van der Waals surface area (Å²) < 4.78 is 13.7. The average Bonchev–Trinajstić information content (AvgIpc) is 3.14. The van der Waals surface area contributed by atoms with Gasteiger partial charge in [-0.2, -0.15) is 0 Å². The number of hydrogen-bond acceptors (Lipinski definition) is 2. The summed E-state index contributed by atoms with van der Waals surface area (Å²) in [6.07, 6.45) is 2.02. The van der Waals surface area contributed by atoms with E-state index < -0.39 is 17.7 Å². The van der Waals surface area contributed by atoms with E-state index in [1.54, 1.807) is 0 Å². The normalized spacial score (nSPS) is 14.2. The molecule has 0 unspecified atom stereocenters. The first kappa shape index (κ1) is 14.0. The molecule has 1 amide bonds. The van der Waals surface area contributed by atoms with Gasteiger partial charge in [0, 0.05) is 11.0 Å². The van der Waals surface area contributed by atoms with Crippen molar-refractivity contribution in [1.29, 1.82) is 0 Å². The molecular formula is C13H13BrFNO3. The predicted molar refractivity (Wildman–Crippen MR) is 70.4 cm³/mol. The molecule has 0 bridgehead atoms. The molecule has 0 spiro atoms. The molecule has 1 aliphatic carbocycles. The highest BCUT2D eigenvalue weighted by atomic mass is 79.9. The summed E-state index contributed by atoms with van der Waals surface area (Å²) in [4.78, 5) is 24.4. The third-order valence-corrected chi connectivity index (χ3v) is 3.64. The Morgan fingerprint density at radius 3 is 2.68 bits per heavy atom. The quantitative estimate of drug-likeness (QED) is 0.903. The molecule has 0 aromatic heterocycles. The van der Waals surface area contributed by atoms with Gasteiger partial charge in [0.2, 0.25) is 0 Å². The number of carboxylic acids is 1. The van der Waals surface area contributed by atoms with Crippen molar-refractivity contribution in [3.05, 3.63) is 34.1 Å². The molecule has 0 radical (unpaired) electrons. The third-order valence-electron chi connectivity index (χ3n) is 2.95. The molecular weight excluding hydrogens is 317 g/mol. The van der Waals surface area contributed by atoms with Gasteiger partial charge in [-0.25, -0.2) is 4.39 Å². The maximum Gasteiger partial charge on any atom is 0.323 e. The largest absolute Gasteiger partial charge is 0.480 e. The number of benzene rings is 1. The molecule has 0 aliphatic heterocycles. The van der Waals surface area contributed by atoms with Crippen molar-refractivity contribution in [3.8, 4) is 0 Å². The van der Waals surface area contributed by atoms with Gasteiger partial charge in [0.25, 0.3) is 5.91 Å². The second-order valence-corrected chi connectivity index (χ2v) is 5.50. The number of halogens is 2. The smallest absolute Gasteiger partial charge is 0.323 e. The van der Waals surface area contributed by atoms with E-state index in [2.05, 4.69) is 15.9 Å². The number of nitrogens with zero attached hydrogens (tertiary/aromatic N) is 1. The van der Waals surface area contributed by atoms with Crippen LogP contribution in [0.3, 0.4) is 0 Å². The molecule has 1 fully saturated rings. The van der Waals surface area contributed by atoms with E-state index in [0.717, 1.165) is 18.9 Å². The molecule has 0 saturated heterocycles. The lowest BCUT2D eigenvalue weighted by molar-refractivity contribution is -0.137. The Labute approximate surface area is 118 Å². The lowest BCUT2D eigenvalue weighted by Gasteiger charge is -2.21. The second kappa shape index (κ2) is 5.69. The summed E-state index contributed by atoms with van der Waals surface area (Å²) in [5.74, 6) is -1.67. The molecule has 102 valence electrons. The maximum absolute atomic E-state index is 13.2. The van der Waals surface area contributed by atoms with Crippen LogP contribution in [-0.2, 0) is 4.79 Å². The first-order valence-corrected chi connectivity index (χ1v) is 6.73. The number of rotatable bonds is 5. The van der Waals surface area contributed by atoms with Gasteiger partial charge in [-0.05, 0) is 52.9 Å². The van der Waals surface area contributed by atoms with E-state index in [1.807, 2.05) is 0 Å². The Bertz CT molecular complexity index is 517. The molecule has 4 nitrogen and oxygen atoms in total. The second-order valence-electron chi connectivity index (χ2n) is 4.65. The highest BCUT2D eigenvalue weighted by Crippen LogP contribution is 2.30. The van der Waals surface area contributed by atoms with Crippen molar-refractivity contribution >= 4 is 27.8 Å². The van der Waals surface area contributed by atoms with Crippen molar-refractivity contribution < 1.29 is 19.1 Å². The van der Waals surface area contributed by atoms with Gasteiger partial charge >= 0.3 is 5.97 Å². The van der Waals surface area contributed by atoms with Crippen LogP contribution in [0.25, 0.3) is 0 Å². The molecule has 1 aromatic rings. The first-order chi connectivity index (χ1) is 8.97. The van der Waals surface area contributed by atoms with Crippen molar-refractivity contribution in [2.24, 2.45) is 5.92 Å². The van der Waals surface area contributed by atoms with Crippen molar-refractivity contribution in [1.82, 2.24) is 4.90 Å². The van der Waals surface area contributed by atoms with E-state index in [4.69, 9.17) is 5.11 Å². The maximum atomic E-state index is 13.2. The Kier molecular flexibility index (Phi) is 4.19. The Morgan fingerprint density at radius 2 is 2.11 bits per heavy atom. The highest BCUT2D eigenvalue weighted by molar-refractivity contribution is 9.10. The lowest BCUT2D eigenvalue weighted by atomic mass is 10.2. The number of carbonyl (C=O) groups excluding carboxylic acids is 1. The standard InChI is InChI=1S/C13H13BrFNO3/c14-11-4-3-9(15)5-10(11)13(19)16(7-12(17)18)6-8-1-2-8/h3-5,8H,1-2,6-7H2,(H,17,18). The molecule has 1 aliphatic rings. The van der Waals surface area contributed by atoms with E-state index in [-0.39, 0.29) is 12.1 Å². The Morgan fingerprint density at radius 1 is 1.42 bits per heavy atom. The number of amides is 1. The topological polar surface area (TPSA) is 57.6 Å². The lowest BCUT2D eigenvalue weighted by Crippen LogP contribution is -2.37. The summed E-state index contributed by atoms with van der Waals surface area (Å²) in [5.41, 5.74) is 0.155. The molecule has 1 N–H and O–H groups in total. The summed E-state index contributed by atoms with van der Waals surface area (Å²) in [6.45, 7) is 0.0480. The zero-order chi connectivity index (χ0) is 14.0. The van der Waals surface area contributed by atoms with Crippen LogP contribution in [0.5, 0.6) is 0 Å². The van der Waals surface area contributed by atoms with E-state index in [0.29, 0.717) is 16.9 Å².